The van der Waals surface area contributed by atoms with Gasteiger partial charge in [-0.2, -0.15) is 0 Å². The molecule has 0 N–H and O–H groups in total. The molecule has 1 saturated heterocycles. The van der Waals surface area contributed by atoms with Gasteiger partial charge in [-0.05, 0) is 50.5 Å². The van der Waals surface area contributed by atoms with E-state index in [1.54, 1.807) is 6.20 Å². The molecule has 162 valence electrons. The van der Waals surface area contributed by atoms with Crippen LogP contribution in [-0.4, -0.2) is 34.0 Å². The molecule has 3 aromatic rings. The number of nitrogens with zero attached hydrogens (tertiary/aromatic N) is 3. The molecular weight excluding hydrogens is 400 g/mol. The molecule has 0 aliphatic carbocycles. The molecule has 0 radical (unpaired) electrons. The summed E-state index contributed by atoms with van der Waals surface area (Å²) in [4.78, 5) is 19.3. The van der Waals surface area contributed by atoms with Gasteiger partial charge in [0.2, 0.25) is 5.91 Å². The van der Waals surface area contributed by atoms with Gasteiger partial charge < -0.3 is 9.42 Å². The summed E-state index contributed by atoms with van der Waals surface area (Å²) in [7, 11) is 0. The highest BCUT2D eigenvalue weighted by atomic mass is 19.1. The molecule has 3 heterocycles. The van der Waals surface area contributed by atoms with Gasteiger partial charge >= 0.3 is 0 Å². The number of hydrogen-bond donors (Lipinski definition) is 0. The second-order valence-corrected chi connectivity index (χ2v) is 8.13. The van der Waals surface area contributed by atoms with Crippen LogP contribution in [0.3, 0.4) is 0 Å². The number of carbonyl (C=O) groups is 1. The summed E-state index contributed by atoms with van der Waals surface area (Å²) in [5, 5.41) is 3.92. The number of carbonyl (C=O) groups excluding carboxylic acids is 1. The smallest absolute Gasteiger partial charge is 0.227 e. The van der Waals surface area contributed by atoms with Gasteiger partial charge in [-0.3, -0.25) is 9.78 Å². The summed E-state index contributed by atoms with van der Waals surface area (Å²) in [5.74, 6) is -0.220. The third-order valence-corrected chi connectivity index (χ3v) is 5.99. The molecule has 5 nitrogen and oxygen atoms in total. The minimum atomic E-state index is -0.552. The van der Waals surface area contributed by atoms with Crippen molar-refractivity contribution in [1.82, 2.24) is 15.0 Å². The highest BCUT2D eigenvalue weighted by Crippen LogP contribution is 2.27. The topological polar surface area (TPSA) is 59.2 Å². The van der Waals surface area contributed by atoms with Gasteiger partial charge in [0.05, 0.1) is 12.1 Å². The first kappa shape index (κ1) is 21.2. The quantitative estimate of drug-likeness (QED) is 0.604. The average Bonchev–Trinajstić information content (AvgIpc) is 3.09. The van der Waals surface area contributed by atoms with Gasteiger partial charge in [-0.15, -0.1) is 0 Å². The van der Waals surface area contributed by atoms with Crippen molar-refractivity contribution in [3.63, 3.8) is 0 Å². The fourth-order valence-corrected chi connectivity index (χ4v) is 4.15. The van der Waals surface area contributed by atoms with E-state index in [1.807, 2.05) is 30.9 Å². The number of benzene rings is 1. The molecule has 0 spiro atoms. The monoisotopic (exact) mass is 425 g/mol. The second-order valence-electron chi connectivity index (χ2n) is 8.13. The van der Waals surface area contributed by atoms with Gasteiger partial charge in [0.15, 0.2) is 0 Å². The van der Waals surface area contributed by atoms with E-state index < -0.39 is 11.6 Å². The first-order valence-electron chi connectivity index (χ1n) is 10.5. The van der Waals surface area contributed by atoms with E-state index in [-0.39, 0.29) is 30.2 Å². The summed E-state index contributed by atoms with van der Waals surface area (Å²) in [5.41, 5.74) is 3.30. The third-order valence-electron chi connectivity index (χ3n) is 5.99. The third kappa shape index (κ3) is 4.65. The Morgan fingerprint density at radius 2 is 1.94 bits per heavy atom. The zero-order valence-corrected chi connectivity index (χ0v) is 17.7. The van der Waals surface area contributed by atoms with Crippen LogP contribution in [0.1, 0.15) is 52.6 Å². The van der Waals surface area contributed by atoms with Gasteiger partial charge in [0.1, 0.15) is 17.4 Å². The Labute approximate surface area is 180 Å². The maximum atomic E-state index is 13.9. The Kier molecular flexibility index (Phi) is 6.11. The molecule has 0 bridgehead atoms. The van der Waals surface area contributed by atoms with Crippen LogP contribution in [0.5, 0.6) is 0 Å². The molecule has 0 saturated carbocycles. The lowest BCUT2D eigenvalue weighted by atomic mass is 9.93. The minimum Gasteiger partial charge on any atom is -0.361 e. The van der Waals surface area contributed by atoms with Gasteiger partial charge in [0.25, 0.3) is 0 Å². The molecule has 2 aromatic heterocycles. The predicted octanol–water partition coefficient (Wildman–Crippen LogP) is 4.50. The fourth-order valence-electron chi connectivity index (χ4n) is 4.15. The average molecular weight is 425 g/mol. The van der Waals surface area contributed by atoms with E-state index >= 15 is 0 Å². The normalized spacial score (nSPS) is 16.5. The van der Waals surface area contributed by atoms with E-state index in [1.165, 1.54) is 18.2 Å². The van der Waals surface area contributed by atoms with Crippen molar-refractivity contribution >= 4 is 5.91 Å². The summed E-state index contributed by atoms with van der Waals surface area (Å²) in [6.07, 6.45) is 3.96. The Balaban J connectivity index is 1.42. The highest BCUT2D eigenvalue weighted by Gasteiger charge is 2.27. The molecule has 1 aromatic carbocycles. The standard InChI is InChI=1S/C24H25F2N3O2/c1-15-19(16(2)31-28-15)12-24(30)29-10-4-5-18(14-29)23-9-8-17(13-27-23)11-20-21(25)6-3-7-22(20)26/h3,6-9,13,18H,4-5,10-12,14H2,1-2H3. The van der Waals surface area contributed by atoms with Crippen LogP contribution in [0.2, 0.25) is 0 Å². The molecular formula is C24H25F2N3O2. The van der Waals surface area contributed by atoms with Crippen LogP contribution >= 0.6 is 0 Å². The number of aryl methyl sites for hydroxylation is 2. The Morgan fingerprint density at radius 1 is 1.16 bits per heavy atom. The molecule has 31 heavy (non-hydrogen) atoms. The largest absolute Gasteiger partial charge is 0.361 e. The van der Waals surface area contributed by atoms with Gasteiger partial charge in [0, 0.05) is 48.4 Å². The lowest BCUT2D eigenvalue weighted by molar-refractivity contribution is -0.131. The number of aromatic nitrogens is 2. The maximum absolute atomic E-state index is 13.9. The van der Waals surface area contributed by atoms with Crippen LogP contribution in [0.15, 0.2) is 41.1 Å². The molecule has 7 heteroatoms. The summed E-state index contributed by atoms with van der Waals surface area (Å²) in [6, 6.07) is 7.64. The number of halogens is 2. The van der Waals surface area contributed by atoms with E-state index in [9.17, 15) is 13.6 Å². The number of rotatable bonds is 5. The zero-order valence-electron chi connectivity index (χ0n) is 17.7. The van der Waals surface area contributed by atoms with Gasteiger partial charge in [-0.25, -0.2) is 8.78 Å². The van der Waals surface area contributed by atoms with E-state index in [0.717, 1.165) is 41.9 Å². The Morgan fingerprint density at radius 3 is 2.58 bits per heavy atom. The van der Waals surface area contributed by atoms with E-state index in [2.05, 4.69) is 10.1 Å². The summed E-state index contributed by atoms with van der Waals surface area (Å²) >= 11 is 0. The molecule has 1 aliphatic heterocycles. The van der Waals surface area contributed by atoms with Crippen LogP contribution in [0.25, 0.3) is 0 Å². The van der Waals surface area contributed by atoms with Crippen LogP contribution in [0, 0.1) is 25.5 Å². The first-order chi connectivity index (χ1) is 14.9. The lowest BCUT2D eigenvalue weighted by Gasteiger charge is -2.32. The number of likely N-dealkylation sites (tertiary alicyclic amines) is 1. The van der Waals surface area contributed by atoms with Crippen LogP contribution in [-0.2, 0) is 17.6 Å². The first-order valence-corrected chi connectivity index (χ1v) is 10.5. The SMILES string of the molecule is Cc1noc(C)c1CC(=O)N1CCCC(c2ccc(Cc3c(F)cccc3F)cn2)C1. The van der Waals surface area contributed by atoms with Gasteiger partial charge in [-0.1, -0.05) is 17.3 Å². The lowest BCUT2D eigenvalue weighted by Crippen LogP contribution is -2.40. The molecule has 1 aliphatic rings. The van der Waals surface area contributed by atoms with Crippen LogP contribution in [0.4, 0.5) is 8.78 Å². The molecule has 4 rings (SSSR count). The zero-order chi connectivity index (χ0) is 22.0. The highest BCUT2D eigenvalue weighted by molar-refractivity contribution is 5.79. The van der Waals surface area contributed by atoms with Crippen molar-refractivity contribution in [2.45, 2.75) is 45.4 Å². The van der Waals surface area contributed by atoms with E-state index in [0.29, 0.717) is 12.3 Å². The van der Waals surface area contributed by atoms with Crippen molar-refractivity contribution in [1.29, 1.82) is 0 Å². The number of hydrogen-bond acceptors (Lipinski definition) is 4. The maximum Gasteiger partial charge on any atom is 0.227 e. The number of pyridine rings is 1. The van der Waals surface area contributed by atoms with Crippen molar-refractivity contribution in [2.75, 3.05) is 13.1 Å². The second kappa shape index (κ2) is 8.96. The summed E-state index contributed by atoms with van der Waals surface area (Å²) < 4.78 is 33.0. The number of amides is 1. The Bertz CT molecular complexity index is 1040. The molecule has 1 unspecified atom stereocenters. The van der Waals surface area contributed by atoms with Crippen molar-refractivity contribution in [3.8, 4) is 0 Å². The molecule has 1 amide bonds. The van der Waals surface area contributed by atoms with E-state index in [4.69, 9.17) is 4.52 Å². The molecule has 1 atom stereocenters. The predicted molar refractivity (Wildman–Crippen MR) is 112 cm³/mol. The van der Waals surface area contributed by atoms with Crippen molar-refractivity contribution in [3.05, 3.63) is 82.0 Å². The number of piperidine rings is 1. The Hall–Kier alpha value is -3.09. The molecule has 1 fully saturated rings. The van der Waals surface area contributed by atoms with Crippen molar-refractivity contribution < 1.29 is 18.1 Å². The fraction of sp³-hybridized carbons (Fsp3) is 0.375. The minimum absolute atomic E-state index is 0.0470. The van der Waals surface area contributed by atoms with Crippen molar-refractivity contribution in [2.24, 2.45) is 0 Å². The summed E-state index contributed by atoms with van der Waals surface area (Å²) in [6.45, 7) is 5.00. The van der Waals surface area contributed by atoms with Crippen LogP contribution < -0.4 is 0 Å².